The van der Waals surface area contributed by atoms with Gasteiger partial charge in [-0.25, -0.2) is 0 Å². The van der Waals surface area contributed by atoms with Gasteiger partial charge in [0.1, 0.15) is 0 Å². The monoisotopic (exact) mass is 218 g/mol. The minimum Gasteiger partial charge on any atom is -0.0798 e. The first-order valence-electron chi connectivity index (χ1n) is 6.52. The standard InChI is InChI=1S/C12H14.2C2H6/c1-9-5-3-7-11(9)12-8-4-6-10(12)2;2*1-2/h3-6H,7-8H2,1-2H3;2*1-2H3. The van der Waals surface area contributed by atoms with Crippen LogP contribution in [0.3, 0.4) is 0 Å². The number of rotatable bonds is 1. The Morgan fingerprint density at radius 2 is 1.00 bits per heavy atom. The average Bonchev–Trinajstić information content (AvgIpc) is 2.93. The Kier molecular flexibility index (Phi) is 7.62. The Hall–Kier alpha value is -1.04. The minimum atomic E-state index is 1.14. The average molecular weight is 218 g/mol. The van der Waals surface area contributed by atoms with Gasteiger partial charge < -0.3 is 0 Å². The third-order valence-corrected chi connectivity index (χ3v) is 2.70. The summed E-state index contributed by atoms with van der Waals surface area (Å²) in [5.74, 6) is 0. The summed E-state index contributed by atoms with van der Waals surface area (Å²) < 4.78 is 0. The summed E-state index contributed by atoms with van der Waals surface area (Å²) in [6, 6.07) is 0. The lowest BCUT2D eigenvalue weighted by molar-refractivity contribution is 1.14. The predicted octanol–water partition coefficient (Wildman–Crippen LogP) is 5.59. The maximum atomic E-state index is 2.25. The normalized spacial score (nSPS) is 17.1. The molecular weight excluding hydrogens is 192 g/mol. The molecule has 2 aliphatic rings. The van der Waals surface area contributed by atoms with Crippen molar-refractivity contribution in [3.05, 3.63) is 46.6 Å². The Morgan fingerprint density at radius 3 is 1.19 bits per heavy atom. The van der Waals surface area contributed by atoms with Crippen molar-refractivity contribution < 1.29 is 0 Å². The van der Waals surface area contributed by atoms with Crippen LogP contribution in [-0.4, -0.2) is 0 Å². The van der Waals surface area contributed by atoms with Crippen molar-refractivity contribution in [1.29, 1.82) is 0 Å². The molecule has 2 rings (SSSR count). The van der Waals surface area contributed by atoms with Gasteiger partial charge in [-0.15, -0.1) is 0 Å². The van der Waals surface area contributed by atoms with E-state index in [1.54, 1.807) is 11.1 Å². The van der Waals surface area contributed by atoms with Crippen molar-refractivity contribution in [1.82, 2.24) is 0 Å². The van der Waals surface area contributed by atoms with Gasteiger partial charge in [-0.1, -0.05) is 52.0 Å². The van der Waals surface area contributed by atoms with Gasteiger partial charge in [0.2, 0.25) is 0 Å². The summed E-state index contributed by atoms with van der Waals surface area (Å²) in [5, 5.41) is 0. The van der Waals surface area contributed by atoms with Crippen molar-refractivity contribution in [2.24, 2.45) is 0 Å². The van der Waals surface area contributed by atoms with Crippen LogP contribution in [0.15, 0.2) is 46.6 Å². The summed E-state index contributed by atoms with van der Waals surface area (Å²) in [6.45, 7) is 12.4. The molecule has 0 atom stereocenters. The molecule has 0 radical (unpaired) electrons. The fourth-order valence-electron chi connectivity index (χ4n) is 1.95. The molecule has 0 fully saturated rings. The van der Waals surface area contributed by atoms with Gasteiger partial charge in [-0.3, -0.25) is 0 Å². The van der Waals surface area contributed by atoms with Crippen LogP contribution in [0.5, 0.6) is 0 Å². The third kappa shape index (κ3) is 3.52. The Bertz CT molecular complexity index is 288. The molecular formula is C16H26. The van der Waals surface area contributed by atoms with Gasteiger partial charge in [0.15, 0.2) is 0 Å². The van der Waals surface area contributed by atoms with Crippen LogP contribution in [0, 0.1) is 0 Å². The molecule has 2 aliphatic carbocycles. The molecule has 0 heterocycles. The molecule has 0 aromatic heterocycles. The van der Waals surface area contributed by atoms with E-state index >= 15 is 0 Å². The number of allylic oxidation sites excluding steroid dienone is 8. The minimum absolute atomic E-state index is 1.14. The van der Waals surface area contributed by atoms with E-state index in [9.17, 15) is 0 Å². The van der Waals surface area contributed by atoms with Crippen LogP contribution in [0.1, 0.15) is 54.4 Å². The van der Waals surface area contributed by atoms with Gasteiger partial charge in [0.25, 0.3) is 0 Å². The highest BCUT2D eigenvalue weighted by Gasteiger charge is 2.13. The SMILES string of the molecule is CC.CC.CC1=C(C2=C(C)C=CC2)CC=C1. The summed E-state index contributed by atoms with van der Waals surface area (Å²) in [6.07, 6.45) is 11.2. The Labute approximate surface area is 101 Å². The molecule has 0 bridgehead atoms. The highest BCUT2D eigenvalue weighted by atomic mass is 14.2. The van der Waals surface area contributed by atoms with Crippen molar-refractivity contribution in [3.8, 4) is 0 Å². The van der Waals surface area contributed by atoms with Crippen LogP contribution in [0.4, 0.5) is 0 Å². The lowest BCUT2D eigenvalue weighted by atomic mass is 9.98. The molecule has 0 aromatic rings. The fourth-order valence-corrected chi connectivity index (χ4v) is 1.95. The van der Waals surface area contributed by atoms with Crippen LogP contribution >= 0.6 is 0 Å². The maximum absolute atomic E-state index is 2.25. The van der Waals surface area contributed by atoms with Gasteiger partial charge >= 0.3 is 0 Å². The lowest BCUT2D eigenvalue weighted by Crippen LogP contribution is -1.87. The van der Waals surface area contributed by atoms with Crippen LogP contribution < -0.4 is 0 Å². The second-order valence-electron chi connectivity index (χ2n) is 3.54. The van der Waals surface area contributed by atoms with E-state index in [0.29, 0.717) is 0 Å². The molecule has 0 N–H and O–H groups in total. The highest BCUT2D eigenvalue weighted by molar-refractivity contribution is 5.51. The molecule has 0 nitrogen and oxygen atoms in total. The largest absolute Gasteiger partial charge is 0.0798 e. The van der Waals surface area contributed by atoms with Crippen LogP contribution in [0.2, 0.25) is 0 Å². The van der Waals surface area contributed by atoms with Gasteiger partial charge in [0, 0.05) is 0 Å². The van der Waals surface area contributed by atoms with Gasteiger partial charge in [-0.05, 0) is 49.0 Å². The summed E-state index contributed by atoms with van der Waals surface area (Å²) in [7, 11) is 0. The van der Waals surface area contributed by atoms with Gasteiger partial charge in [0.05, 0.1) is 0 Å². The van der Waals surface area contributed by atoms with Crippen LogP contribution in [-0.2, 0) is 0 Å². The zero-order valence-corrected chi connectivity index (χ0v) is 11.7. The van der Waals surface area contributed by atoms with Crippen molar-refractivity contribution in [2.75, 3.05) is 0 Å². The van der Waals surface area contributed by atoms with Crippen molar-refractivity contribution >= 4 is 0 Å². The first kappa shape index (κ1) is 15.0. The Balaban J connectivity index is 0.000000509. The van der Waals surface area contributed by atoms with E-state index in [0.717, 1.165) is 12.8 Å². The van der Waals surface area contributed by atoms with E-state index < -0.39 is 0 Å². The molecule has 90 valence electrons. The Morgan fingerprint density at radius 1 is 0.688 bits per heavy atom. The molecule has 0 aromatic carbocycles. The summed E-state index contributed by atoms with van der Waals surface area (Å²) in [4.78, 5) is 0. The van der Waals surface area contributed by atoms with Crippen molar-refractivity contribution in [2.45, 2.75) is 54.4 Å². The molecule has 0 unspecified atom stereocenters. The van der Waals surface area contributed by atoms with E-state index in [1.165, 1.54) is 11.1 Å². The lowest BCUT2D eigenvalue weighted by Gasteiger charge is -2.06. The second kappa shape index (κ2) is 8.15. The molecule has 16 heavy (non-hydrogen) atoms. The second-order valence-corrected chi connectivity index (χ2v) is 3.54. The molecule has 0 spiro atoms. The summed E-state index contributed by atoms with van der Waals surface area (Å²) in [5.41, 5.74) is 6.01. The highest BCUT2D eigenvalue weighted by Crippen LogP contribution is 2.33. The predicted molar refractivity (Wildman–Crippen MR) is 75.6 cm³/mol. The van der Waals surface area contributed by atoms with Crippen LogP contribution in [0.25, 0.3) is 0 Å². The van der Waals surface area contributed by atoms with Gasteiger partial charge in [-0.2, -0.15) is 0 Å². The van der Waals surface area contributed by atoms with E-state index in [2.05, 4.69) is 38.2 Å². The molecule has 0 amide bonds. The quantitative estimate of drug-likeness (QED) is 0.538. The molecule has 0 aliphatic heterocycles. The fraction of sp³-hybridized carbons (Fsp3) is 0.500. The van der Waals surface area contributed by atoms with E-state index in [1.807, 2.05) is 27.7 Å². The maximum Gasteiger partial charge on any atom is -0.00887 e. The first-order valence-corrected chi connectivity index (χ1v) is 6.52. The smallest absolute Gasteiger partial charge is 0.00887 e. The first-order chi connectivity index (χ1) is 7.79. The number of hydrogen-bond donors (Lipinski definition) is 0. The van der Waals surface area contributed by atoms with E-state index in [4.69, 9.17) is 0 Å². The van der Waals surface area contributed by atoms with E-state index in [-0.39, 0.29) is 0 Å². The molecule has 0 heteroatoms. The molecule has 0 saturated carbocycles. The number of hydrogen-bond acceptors (Lipinski definition) is 0. The summed E-state index contributed by atoms with van der Waals surface area (Å²) >= 11 is 0. The zero-order valence-electron chi connectivity index (χ0n) is 11.7. The molecule has 0 saturated heterocycles. The zero-order chi connectivity index (χ0) is 12.6. The van der Waals surface area contributed by atoms with Crippen molar-refractivity contribution in [3.63, 3.8) is 0 Å². The third-order valence-electron chi connectivity index (χ3n) is 2.70. The topological polar surface area (TPSA) is 0 Å².